The van der Waals surface area contributed by atoms with Crippen LogP contribution in [0.25, 0.3) is 10.9 Å². The second-order valence-corrected chi connectivity index (χ2v) is 9.88. The number of hydrogen-bond acceptors (Lipinski definition) is 8. The van der Waals surface area contributed by atoms with Gasteiger partial charge in [0.25, 0.3) is 15.6 Å². The molecule has 0 bridgehead atoms. The smallest absolute Gasteiger partial charge is 0.338 e. The highest BCUT2D eigenvalue weighted by molar-refractivity contribution is 8.15. The second-order valence-electron chi connectivity index (χ2n) is 7.11. The predicted octanol–water partition coefficient (Wildman–Crippen LogP) is 2.45. The van der Waals surface area contributed by atoms with E-state index < -0.39 is 22.1 Å². The minimum Gasteiger partial charge on any atom is -0.451 e. The SMILES string of the molecule is CC(OC(=O)c1ccc2c(c1)SC1=NS(=O)(=O)CCN12)c1nc2ccccc2c(=O)[nH]1. The molecule has 0 fully saturated rings. The van der Waals surface area contributed by atoms with Gasteiger partial charge >= 0.3 is 5.97 Å². The van der Waals surface area contributed by atoms with E-state index >= 15 is 0 Å². The first-order chi connectivity index (χ1) is 14.8. The monoisotopic (exact) mass is 456 g/mol. The Morgan fingerprint density at radius 2 is 2.06 bits per heavy atom. The van der Waals surface area contributed by atoms with Crippen molar-refractivity contribution < 1.29 is 17.9 Å². The maximum atomic E-state index is 12.7. The minimum absolute atomic E-state index is 0.0469. The summed E-state index contributed by atoms with van der Waals surface area (Å²) in [6.45, 7) is 1.95. The maximum absolute atomic E-state index is 12.7. The van der Waals surface area contributed by atoms with E-state index in [0.29, 0.717) is 28.2 Å². The number of ether oxygens (including phenoxy) is 1. The first kappa shape index (κ1) is 19.8. The number of amidine groups is 1. The molecule has 2 aliphatic heterocycles. The third kappa shape index (κ3) is 3.59. The lowest BCUT2D eigenvalue weighted by Gasteiger charge is -2.22. The van der Waals surface area contributed by atoms with E-state index in [1.807, 2.05) is 4.90 Å². The number of carbonyl (C=O) groups excluding carboxylic acids is 1. The summed E-state index contributed by atoms with van der Waals surface area (Å²) >= 11 is 1.20. The average Bonchev–Trinajstić information content (AvgIpc) is 3.08. The van der Waals surface area contributed by atoms with Crippen LogP contribution in [0.5, 0.6) is 0 Å². The van der Waals surface area contributed by atoms with E-state index in [0.717, 1.165) is 10.6 Å². The van der Waals surface area contributed by atoms with E-state index in [9.17, 15) is 18.0 Å². The minimum atomic E-state index is -3.45. The molecule has 1 unspecified atom stereocenters. The predicted molar refractivity (Wildman–Crippen MR) is 117 cm³/mol. The summed E-state index contributed by atoms with van der Waals surface area (Å²) in [5, 5.41) is 0.847. The highest BCUT2D eigenvalue weighted by Gasteiger charge is 2.33. The lowest BCUT2D eigenvalue weighted by atomic mass is 10.2. The summed E-state index contributed by atoms with van der Waals surface area (Å²) in [6.07, 6.45) is -0.772. The van der Waals surface area contributed by atoms with Crippen molar-refractivity contribution in [2.45, 2.75) is 17.9 Å². The van der Waals surface area contributed by atoms with Crippen molar-refractivity contribution >= 4 is 49.5 Å². The number of H-pyrrole nitrogens is 1. The molecule has 0 radical (unpaired) electrons. The average molecular weight is 457 g/mol. The molecule has 2 aromatic carbocycles. The summed E-state index contributed by atoms with van der Waals surface area (Å²) in [7, 11) is -3.45. The molecule has 0 saturated carbocycles. The van der Waals surface area contributed by atoms with Crippen molar-refractivity contribution in [3.63, 3.8) is 0 Å². The van der Waals surface area contributed by atoms with Crippen molar-refractivity contribution in [2.75, 3.05) is 17.2 Å². The molecule has 31 heavy (non-hydrogen) atoms. The van der Waals surface area contributed by atoms with Crippen LogP contribution < -0.4 is 10.5 Å². The van der Waals surface area contributed by atoms with Gasteiger partial charge in [0.2, 0.25) is 0 Å². The fourth-order valence-electron chi connectivity index (χ4n) is 3.44. The maximum Gasteiger partial charge on any atom is 0.338 e. The van der Waals surface area contributed by atoms with Crippen molar-refractivity contribution in [1.82, 2.24) is 9.97 Å². The van der Waals surface area contributed by atoms with Gasteiger partial charge in [0.1, 0.15) is 0 Å². The van der Waals surface area contributed by atoms with Crippen LogP contribution in [0.1, 0.15) is 29.2 Å². The van der Waals surface area contributed by atoms with E-state index in [2.05, 4.69) is 14.4 Å². The Balaban J connectivity index is 1.38. The molecular weight excluding hydrogens is 440 g/mol. The number of nitrogens with zero attached hydrogens (tertiary/aromatic N) is 3. The van der Waals surface area contributed by atoms with Gasteiger partial charge in [-0.2, -0.15) is 0 Å². The van der Waals surface area contributed by atoms with Gasteiger partial charge < -0.3 is 14.6 Å². The van der Waals surface area contributed by atoms with Gasteiger partial charge in [-0.25, -0.2) is 18.2 Å². The van der Waals surface area contributed by atoms with Gasteiger partial charge in [0.15, 0.2) is 17.1 Å². The molecule has 9 nitrogen and oxygen atoms in total. The number of aromatic amines is 1. The molecule has 158 valence electrons. The van der Waals surface area contributed by atoms with Gasteiger partial charge in [-0.05, 0) is 49.0 Å². The molecular formula is C20H16N4O5S2. The van der Waals surface area contributed by atoms with E-state index in [1.54, 1.807) is 49.4 Å². The van der Waals surface area contributed by atoms with Gasteiger partial charge in [-0.3, -0.25) is 4.79 Å². The first-order valence-electron chi connectivity index (χ1n) is 9.43. The highest BCUT2D eigenvalue weighted by atomic mass is 32.2. The Labute approximate surface area is 181 Å². The van der Waals surface area contributed by atoms with Crippen LogP contribution in [0.2, 0.25) is 0 Å². The number of nitrogens with one attached hydrogen (secondary N) is 1. The molecule has 0 saturated heterocycles. The van der Waals surface area contributed by atoms with Crippen LogP contribution in [-0.2, 0) is 14.8 Å². The highest BCUT2D eigenvalue weighted by Crippen LogP contribution is 2.42. The molecule has 0 aliphatic carbocycles. The van der Waals surface area contributed by atoms with Crippen LogP contribution in [-0.4, -0.2) is 41.8 Å². The normalized spacial score (nSPS) is 17.6. The quantitative estimate of drug-likeness (QED) is 0.597. The standard InChI is InChI=1S/C20H16N4O5S2/c1-11(17-21-14-5-3-2-4-13(14)18(25)22-17)29-19(26)12-6-7-15-16(10-12)30-20-23-31(27,28)9-8-24(15)20/h2-7,10-11H,8-9H2,1H3,(H,21,22,25). The topological polar surface area (TPSA) is 122 Å². The zero-order valence-corrected chi connectivity index (χ0v) is 17.9. The molecule has 0 spiro atoms. The number of esters is 1. The van der Waals surface area contributed by atoms with Gasteiger partial charge in [-0.1, -0.05) is 12.1 Å². The third-order valence-electron chi connectivity index (χ3n) is 5.01. The molecule has 11 heteroatoms. The number of para-hydroxylation sites is 1. The van der Waals surface area contributed by atoms with Crippen LogP contribution in [0, 0.1) is 0 Å². The van der Waals surface area contributed by atoms with Crippen LogP contribution in [0.4, 0.5) is 5.69 Å². The number of sulfonamides is 1. The van der Waals surface area contributed by atoms with Crippen molar-refractivity contribution in [3.05, 3.63) is 64.2 Å². The lowest BCUT2D eigenvalue weighted by Crippen LogP contribution is -2.35. The van der Waals surface area contributed by atoms with Crippen molar-refractivity contribution in [3.8, 4) is 0 Å². The molecule has 2 aliphatic rings. The molecule has 1 atom stereocenters. The fraction of sp³-hybridized carbons (Fsp3) is 0.200. The van der Waals surface area contributed by atoms with E-state index in [4.69, 9.17) is 4.74 Å². The Morgan fingerprint density at radius 3 is 2.90 bits per heavy atom. The fourth-order valence-corrected chi connectivity index (χ4v) is 5.74. The molecule has 1 N–H and O–H groups in total. The summed E-state index contributed by atoms with van der Waals surface area (Å²) in [6, 6.07) is 11.9. The van der Waals surface area contributed by atoms with Gasteiger partial charge in [0.05, 0.1) is 27.9 Å². The Bertz CT molecular complexity index is 1430. The number of anilines is 1. The lowest BCUT2D eigenvalue weighted by molar-refractivity contribution is 0.0319. The van der Waals surface area contributed by atoms with Crippen molar-refractivity contribution in [1.29, 1.82) is 0 Å². The number of rotatable bonds is 3. The number of benzene rings is 2. The zero-order chi connectivity index (χ0) is 21.8. The number of hydrogen-bond donors (Lipinski definition) is 1. The molecule has 3 aromatic rings. The van der Waals surface area contributed by atoms with E-state index in [1.165, 1.54) is 11.8 Å². The first-order valence-corrected chi connectivity index (χ1v) is 11.9. The number of aromatic nitrogens is 2. The van der Waals surface area contributed by atoms with Gasteiger partial charge in [-0.15, -0.1) is 4.40 Å². The zero-order valence-electron chi connectivity index (χ0n) is 16.2. The Kier molecular flexibility index (Phi) is 4.59. The van der Waals surface area contributed by atoms with E-state index in [-0.39, 0.29) is 17.1 Å². The molecule has 5 rings (SSSR count). The molecule has 1 aromatic heterocycles. The molecule has 0 amide bonds. The third-order valence-corrected chi connectivity index (χ3v) is 7.31. The van der Waals surface area contributed by atoms with Crippen LogP contribution >= 0.6 is 11.8 Å². The molecule has 3 heterocycles. The van der Waals surface area contributed by atoms with Crippen LogP contribution in [0.3, 0.4) is 0 Å². The number of carbonyl (C=O) groups is 1. The summed E-state index contributed by atoms with van der Waals surface area (Å²) in [5.41, 5.74) is 1.34. The van der Waals surface area contributed by atoms with Gasteiger partial charge in [0, 0.05) is 11.4 Å². The summed E-state index contributed by atoms with van der Waals surface area (Å²) < 4.78 is 32.8. The number of thioether (sulfide) groups is 1. The second kappa shape index (κ2) is 7.20. The summed E-state index contributed by atoms with van der Waals surface area (Å²) in [4.78, 5) is 34.6. The Morgan fingerprint density at radius 1 is 1.26 bits per heavy atom. The Hall–Kier alpha value is -3.18. The summed E-state index contributed by atoms with van der Waals surface area (Å²) in [5.74, 6) is -0.371. The largest absolute Gasteiger partial charge is 0.451 e. The van der Waals surface area contributed by atoms with Crippen molar-refractivity contribution in [2.24, 2.45) is 4.40 Å². The number of fused-ring (bicyclic) bond motifs is 4. The van der Waals surface area contributed by atoms with Crippen LogP contribution in [0.15, 0.2) is 56.6 Å².